The third-order valence-corrected chi connectivity index (χ3v) is 14.7. The zero-order chi connectivity index (χ0) is 41.4. The molecule has 1 amide bonds. The average molecular weight is 833 g/mol. The highest BCUT2D eigenvalue weighted by molar-refractivity contribution is 7.90. The van der Waals surface area contributed by atoms with Gasteiger partial charge in [-0.1, -0.05) is 38.1 Å². The molecule has 1 saturated carbocycles. The van der Waals surface area contributed by atoms with Crippen molar-refractivity contribution >= 4 is 44.2 Å². The number of likely N-dealkylation sites (tertiary alicyclic amines) is 1. The second-order valence-electron chi connectivity index (χ2n) is 17.6. The molecule has 5 N–H and O–H groups in total. The van der Waals surface area contributed by atoms with Gasteiger partial charge >= 0.3 is 0 Å². The number of ether oxygens (including phenoxy) is 2. The number of hydrogen-bond acceptors (Lipinski definition) is 11. The Hall–Kier alpha value is -5.18. The first-order valence-corrected chi connectivity index (χ1v) is 23.0. The van der Waals surface area contributed by atoms with Gasteiger partial charge in [-0.2, -0.15) is 0 Å². The number of aromatic nitrogens is 3. The van der Waals surface area contributed by atoms with Gasteiger partial charge in [-0.25, -0.2) is 23.1 Å². The normalized spacial score (nSPS) is 20.1. The Bertz CT molecular complexity index is 2450. The number of carbonyl (C=O) groups excluding carboxylic acids is 1. The maximum Gasteiger partial charge on any atom is 0.270 e. The van der Waals surface area contributed by atoms with Crippen LogP contribution in [0.15, 0.2) is 84.1 Å². The molecule has 0 radical (unpaired) electrons. The lowest BCUT2D eigenvalue weighted by Crippen LogP contribution is -2.55. The number of piperidine rings is 1. The highest BCUT2D eigenvalue weighted by Gasteiger charge is 2.50. The molecular formula is C46H56N8O5S. The van der Waals surface area contributed by atoms with Crippen LogP contribution in [0.25, 0.3) is 11.0 Å². The molecule has 3 saturated heterocycles. The van der Waals surface area contributed by atoms with Crippen LogP contribution in [0, 0.1) is 11.3 Å². The first kappa shape index (κ1) is 40.2. The number of aromatic amines is 1. The summed E-state index contributed by atoms with van der Waals surface area (Å²) in [5.41, 5.74) is 11.2. The number of anilines is 3. The summed E-state index contributed by atoms with van der Waals surface area (Å²) in [7, 11) is -4.31. The maximum atomic E-state index is 13.9. The summed E-state index contributed by atoms with van der Waals surface area (Å²) in [5, 5.41) is 4.17. The monoisotopic (exact) mass is 832 g/mol. The van der Waals surface area contributed by atoms with Crippen molar-refractivity contribution in [2.45, 2.75) is 88.1 Å². The van der Waals surface area contributed by atoms with Crippen molar-refractivity contribution in [2.24, 2.45) is 11.3 Å². The average Bonchev–Trinajstić information content (AvgIpc) is 3.93. The quantitative estimate of drug-likeness (QED) is 0.0900. The van der Waals surface area contributed by atoms with Gasteiger partial charge in [-0.05, 0) is 117 Å². The zero-order valence-corrected chi connectivity index (χ0v) is 35.3. The third-order valence-electron chi connectivity index (χ3n) is 13.4. The second kappa shape index (κ2) is 16.7. The molecule has 3 aliphatic heterocycles. The lowest BCUT2D eigenvalue weighted by Gasteiger charge is -2.56. The number of pyridine rings is 2. The van der Waals surface area contributed by atoms with Crippen molar-refractivity contribution < 1.29 is 22.7 Å². The van der Waals surface area contributed by atoms with Gasteiger partial charge in [0.25, 0.3) is 15.9 Å². The number of nitrogens with one attached hydrogen (secondary N) is 3. The third kappa shape index (κ3) is 8.29. The van der Waals surface area contributed by atoms with Crippen molar-refractivity contribution in [3.63, 3.8) is 0 Å². The smallest absolute Gasteiger partial charge is 0.270 e. The van der Waals surface area contributed by atoms with Crippen LogP contribution in [0.1, 0.15) is 98.7 Å². The Morgan fingerprint density at radius 2 is 1.80 bits per heavy atom. The van der Waals surface area contributed by atoms with E-state index in [4.69, 9.17) is 20.2 Å². The fraction of sp³-hybridized carbons (Fsp3) is 0.457. The van der Waals surface area contributed by atoms with Gasteiger partial charge in [0, 0.05) is 68.8 Å². The van der Waals surface area contributed by atoms with Gasteiger partial charge < -0.3 is 30.4 Å². The van der Waals surface area contributed by atoms with Gasteiger partial charge in [0.2, 0.25) is 0 Å². The molecule has 14 heteroatoms. The minimum atomic E-state index is -4.31. The number of rotatable bonds is 12. The molecule has 4 fully saturated rings. The Labute approximate surface area is 352 Å². The number of carbonyl (C=O) groups is 1. The van der Waals surface area contributed by atoms with E-state index in [9.17, 15) is 13.2 Å². The van der Waals surface area contributed by atoms with Crippen molar-refractivity contribution in [3.8, 4) is 11.5 Å². The number of sulfonamides is 1. The number of nitrogens with zero attached hydrogens (tertiary/aromatic N) is 4. The van der Waals surface area contributed by atoms with Crippen LogP contribution in [0.3, 0.4) is 0 Å². The summed E-state index contributed by atoms with van der Waals surface area (Å²) in [6.45, 7) is 9.60. The maximum absolute atomic E-state index is 13.9. The summed E-state index contributed by atoms with van der Waals surface area (Å²) in [5.74, 6) is 1.35. The van der Waals surface area contributed by atoms with Gasteiger partial charge in [-0.3, -0.25) is 9.69 Å². The molecule has 9 rings (SSSR count). The zero-order valence-electron chi connectivity index (χ0n) is 34.5. The lowest BCUT2D eigenvalue weighted by molar-refractivity contribution is -0.0228. The number of amides is 1. The molecular weight excluding hydrogens is 777 g/mol. The second-order valence-corrected chi connectivity index (χ2v) is 19.3. The van der Waals surface area contributed by atoms with Gasteiger partial charge in [0.05, 0.1) is 22.5 Å². The molecule has 5 aromatic rings. The molecule has 1 spiro atoms. The van der Waals surface area contributed by atoms with Crippen LogP contribution in [0.5, 0.6) is 11.5 Å². The highest BCUT2D eigenvalue weighted by Crippen LogP contribution is 2.54. The Kier molecular flexibility index (Phi) is 11.2. The van der Waals surface area contributed by atoms with E-state index in [1.807, 2.05) is 12.1 Å². The summed E-state index contributed by atoms with van der Waals surface area (Å²) < 4.78 is 41.2. The SMILES string of the molecule is CC(C)c1ccccc1[C@@H]1CCCN1C1CC2(CCN(c3cc(Oc4cnc5[nH]ccc5c4)c(C(=O)NS(=O)(=O)c4ccc(NCC5CCOCC5)c(N)c4)cn3)CC2)C1. The summed E-state index contributed by atoms with van der Waals surface area (Å²) in [6.07, 6.45) is 13.7. The van der Waals surface area contributed by atoms with Gasteiger partial charge in [0.15, 0.2) is 0 Å². The van der Waals surface area contributed by atoms with Crippen molar-refractivity contribution in [1.29, 1.82) is 0 Å². The molecule has 1 atom stereocenters. The standard InChI is InChI=1S/C46H56N8O5S/c1-30(2)36-6-3-4-7-37(36)41-8-5-17-54(41)33-25-46(26-33)14-18-53(19-15-46)43-24-42(59-34-22-32-11-16-48-44(32)51-28-34)38(29-50-43)45(55)52-60(56,57)35-9-10-40(39(47)23-35)49-27-31-12-20-58-21-13-31/h3-4,6-7,9-11,16,22-24,28-31,33,41,49H,5,8,12-15,17-21,25-27,47H2,1-2H3,(H,48,51)(H,52,55)/t41-/m0/s1. The first-order chi connectivity index (χ1) is 29.0. The molecule has 1 aliphatic carbocycles. The summed E-state index contributed by atoms with van der Waals surface area (Å²) >= 11 is 0. The topological polar surface area (TPSA) is 168 Å². The van der Waals surface area contributed by atoms with E-state index in [0.29, 0.717) is 58.8 Å². The molecule has 2 aromatic carbocycles. The van der Waals surface area contributed by atoms with Crippen LogP contribution < -0.4 is 25.4 Å². The fourth-order valence-corrected chi connectivity index (χ4v) is 11.0. The van der Waals surface area contributed by atoms with E-state index >= 15 is 0 Å². The number of H-pyrrole nitrogens is 1. The van der Waals surface area contributed by atoms with Crippen LogP contribution in [0.4, 0.5) is 17.2 Å². The molecule has 13 nitrogen and oxygen atoms in total. The Morgan fingerprint density at radius 1 is 1.00 bits per heavy atom. The fourth-order valence-electron chi connectivity index (χ4n) is 9.96. The lowest BCUT2D eigenvalue weighted by atomic mass is 9.60. The predicted octanol–water partition coefficient (Wildman–Crippen LogP) is 8.00. The Morgan fingerprint density at radius 3 is 2.58 bits per heavy atom. The minimum Gasteiger partial charge on any atom is -0.455 e. The van der Waals surface area contributed by atoms with E-state index in [-0.39, 0.29) is 21.9 Å². The first-order valence-electron chi connectivity index (χ1n) is 21.5. The molecule has 60 heavy (non-hydrogen) atoms. The van der Waals surface area contributed by atoms with Gasteiger partial charge in [-0.15, -0.1) is 0 Å². The van der Waals surface area contributed by atoms with E-state index in [1.54, 1.807) is 24.5 Å². The number of nitrogens with two attached hydrogens (primary N) is 1. The van der Waals surface area contributed by atoms with Crippen LogP contribution in [0.2, 0.25) is 0 Å². The number of fused-ring (bicyclic) bond motifs is 1. The molecule has 0 unspecified atom stereocenters. The summed E-state index contributed by atoms with van der Waals surface area (Å²) in [6, 6.07) is 20.0. The molecule has 3 aromatic heterocycles. The number of benzene rings is 2. The van der Waals surface area contributed by atoms with E-state index < -0.39 is 15.9 Å². The van der Waals surface area contributed by atoms with Crippen molar-refractivity contribution in [2.75, 3.05) is 55.3 Å². The largest absolute Gasteiger partial charge is 0.455 e. The molecule has 316 valence electrons. The molecule has 0 bridgehead atoms. The molecule has 4 aliphatic rings. The van der Waals surface area contributed by atoms with E-state index in [0.717, 1.165) is 57.4 Å². The van der Waals surface area contributed by atoms with Crippen LogP contribution in [-0.4, -0.2) is 79.6 Å². The van der Waals surface area contributed by atoms with Crippen LogP contribution in [-0.2, 0) is 14.8 Å². The van der Waals surface area contributed by atoms with Crippen molar-refractivity contribution in [1.82, 2.24) is 24.6 Å². The Balaban J connectivity index is 0.888. The minimum absolute atomic E-state index is 0.0197. The number of nitrogen functional groups attached to an aromatic ring is 1. The van der Waals surface area contributed by atoms with Crippen molar-refractivity contribution in [3.05, 3.63) is 95.9 Å². The van der Waals surface area contributed by atoms with Gasteiger partial charge in [0.1, 0.15) is 28.5 Å². The molecule has 6 heterocycles. The van der Waals surface area contributed by atoms with E-state index in [1.165, 1.54) is 61.7 Å². The summed E-state index contributed by atoms with van der Waals surface area (Å²) in [4.78, 5) is 31.0. The van der Waals surface area contributed by atoms with Crippen LogP contribution >= 0.6 is 0 Å². The van der Waals surface area contributed by atoms with E-state index in [2.05, 4.69) is 67.9 Å². The highest BCUT2D eigenvalue weighted by atomic mass is 32.2. The number of hydrogen-bond donors (Lipinski definition) is 4. The predicted molar refractivity (Wildman–Crippen MR) is 234 cm³/mol.